The molecule has 4 N–H and O–H groups in total. The molecule has 0 spiro atoms. The average Bonchev–Trinajstić information content (AvgIpc) is 2.84. The van der Waals surface area contributed by atoms with Crippen LogP contribution in [0, 0.1) is 0 Å². The van der Waals surface area contributed by atoms with Crippen LogP contribution in [0.5, 0.6) is 0 Å². The molecule has 9 heteroatoms. The molecule has 0 saturated carbocycles. The monoisotopic (exact) mass is 560 g/mol. The minimum Gasteiger partial charge on any atom is -0.450 e. The summed E-state index contributed by atoms with van der Waals surface area (Å²) < 4.78 is 11.8. The molecule has 0 aliphatic rings. The smallest absolute Gasteiger partial charge is 0.450 e. The molecule has 0 radical (unpaired) electrons. The molecule has 37 heavy (non-hydrogen) atoms. The number of hydrogen-bond donors (Lipinski definition) is 4. The molecule has 0 heterocycles. The summed E-state index contributed by atoms with van der Waals surface area (Å²) in [4.78, 5) is 18.2. The largest absolute Gasteiger partial charge is 0.503 e. The molecular weight excluding hydrogens is 512 g/mol. The van der Waals surface area contributed by atoms with Gasteiger partial charge in [0.2, 0.25) is 0 Å². The quantitative estimate of drug-likeness (QED) is 0.103. The van der Waals surface area contributed by atoms with Crippen molar-refractivity contribution in [3.8, 4) is 0 Å². The van der Waals surface area contributed by atoms with E-state index in [2.05, 4.69) is 45.0 Å². The van der Waals surface area contributed by atoms with E-state index >= 15 is 0 Å². The summed E-state index contributed by atoms with van der Waals surface area (Å²) in [5, 5.41) is 28.1. The van der Waals surface area contributed by atoms with Crippen molar-refractivity contribution in [3.63, 3.8) is 0 Å². The van der Waals surface area contributed by atoms with E-state index in [1.165, 1.54) is 75.3 Å². The molecule has 0 aliphatic carbocycles. The van der Waals surface area contributed by atoms with Crippen LogP contribution in [0.15, 0.2) is 24.3 Å². The van der Waals surface area contributed by atoms with E-state index in [-0.39, 0.29) is 5.25 Å². The number of thioether (sulfide) groups is 1. The molecule has 1 unspecified atom stereocenters. The van der Waals surface area contributed by atoms with Crippen LogP contribution in [0.3, 0.4) is 0 Å². The Bertz CT molecular complexity index is 745. The molecule has 214 valence electrons. The average molecular weight is 561 g/mol. The van der Waals surface area contributed by atoms with E-state index in [4.69, 9.17) is 30.0 Å². The van der Waals surface area contributed by atoms with Crippen LogP contribution in [0.1, 0.15) is 121 Å². The lowest BCUT2D eigenvalue weighted by Crippen LogP contribution is -2.12. The van der Waals surface area contributed by atoms with Crippen LogP contribution in [0.2, 0.25) is 0 Å². The predicted octanol–water partition coefficient (Wildman–Crippen LogP) is 8.96. The zero-order chi connectivity index (χ0) is 28.3. The van der Waals surface area contributed by atoms with Gasteiger partial charge >= 0.3 is 12.3 Å². The minimum atomic E-state index is -1.83. The number of carbonyl (C=O) groups is 2. The van der Waals surface area contributed by atoms with Crippen molar-refractivity contribution < 1.29 is 34.2 Å². The van der Waals surface area contributed by atoms with Crippen molar-refractivity contribution in [2.45, 2.75) is 116 Å². The molecule has 1 aromatic rings. The van der Waals surface area contributed by atoms with Crippen molar-refractivity contribution in [2.75, 3.05) is 5.75 Å². The van der Waals surface area contributed by atoms with Gasteiger partial charge in [-0.15, -0.1) is 11.8 Å². The summed E-state index contributed by atoms with van der Waals surface area (Å²) in [5.74, 6) is 1.12. The van der Waals surface area contributed by atoms with Crippen LogP contribution in [-0.4, -0.2) is 47.6 Å². The molecule has 0 saturated heterocycles. The van der Waals surface area contributed by atoms with Crippen molar-refractivity contribution in [2.24, 2.45) is 0 Å². The third-order valence-electron chi connectivity index (χ3n) is 5.52. The molecule has 0 bridgehead atoms. The van der Waals surface area contributed by atoms with E-state index < -0.39 is 12.3 Å². The first-order valence-electron chi connectivity index (χ1n) is 13.4. The van der Waals surface area contributed by atoms with Gasteiger partial charge in [-0.3, -0.25) is 0 Å². The number of rotatable bonds is 18. The Labute approximate surface area is 231 Å². The van der Waals surface area contributed by atoms with Crippen molar-refractivity contribution in [1.82, 2.24) is 0 Å². The van der Waals surface area contributed by atoms with Gasteiger partial charge in [0.15, 0.2) is 0 Å². The Hall–Kier alpha value is -2.00. The van der Waals surface area contributed by atoms with E-state index in [0.29, 0.717) is 0 Å². The molecule has 0 aromatic heterocycles. The summed E-state index contributed by atoms with van der Waals surface area (Å²) in [6.07, 6.45) is 14.4. The van der Waals surface area contributed by atoms with Gasteiger partial charge in [-0.25, -0.2) is 13.8 Å². The summed E-state index contributed by atoms with van der Waals surface area (Å²) in [6.45, 7) is 6.68. The number of benzene rings is 1. The van der Waals surface area contributed by atoms with Gasteiger partial charge in [0.1, 0.15) is 0 Å². The van der Waals surface area contributed by atoms with Gasteiger partial charge in [-0.2, -0.15) is 0 Å². The van der Waals surface area contributed by atoms with Gasteiger partial charge in [-0.1, -0.05) is 109 Å². The lowest BCUT2D eigenvalue weighted by Gasteiger charge is -2.21. The van der Waals surface area contributed by atoms with Crippen molar-refractivity contribution in [1.29, 1.82) is 0 Å². The van der Waals surface area contributed by atoms with E-state index in [9.17, 15) is 4.21 Å². The number of aryl methyl sites for hydroxylation is 1. The zero-order valence-corrected chi connectivity index (χ0v) is 24.5. The van der Waals surface area contributed by atoms with Crippen LogP contribution in [-0.2, 0) is 17.7 Å². The molecule has 0 aliphatic heterocycles. The highest BCUT2D eigenvalue weighted by Gasteiger charge is 2.20. The number of unbranched alkanes of at least 4 members (excludes halogenated alkanes) is 9. The molecular formula is C28H48O7S2. The predicted molar refractivity (Wildman–Crippen MR) is 157 cm³/mol. The van der Waals surface area contributed by atoms with Crippen molar-refractivity contribution >= 4 is 40.2 Å². The second kappa shape index (κ2) is 27.0. The summed E-state index contributed by atoms with van der Waals surface area (Å²) >= 11 is 2.71. The minimum absolute atomic E-state index is 0.261. The SMILES string of the molecule is CCCCCCCCCCCCc1ccccc1C(SCCC)C(CCC)=S=O.O=C(O)O.O=C(O)O. The normalized spacial score (nSPS) is 10.8. The summed E-state index contributed by atoms with van der Waals surface area (Å²) in [6, 6.07) is 8.88. The highest BCUT2D eigenvalue weighted by Crippen LogP contribution is 2.34. The molecule has 1 rings (SSSR count). The van der Waals surface area contributed by atoms with Crippen LogP contribution >= 0.6 is 11.8 Å². The Balaban J connectivity index is 0. The van der Waals surface area contributed by atoms with Crippen LogP contribution in [0.25, 0.3) is 0 Å². The summed E-state index contributed by atoms with van der Waals surface area (Å²) in [7, 11) is 0. The highest BCUT2D eigenvalue weighted by atomic mass is 32.2. The van der Waals surface area contributed by atoms with E-state index in [1.807, 2.05) is 11.8 Å². The first-order chi connectivity index (χ1) is 17.7. The van der Waals surface area contributed by atoms with Crippen LogP contribution in [0.4, 0.5) is 9.59 Å². The van der Waals surface area contributed by atoms with Gasteiger partial charge < -0.3 is 20.4 Å². The molecule has 0 fully saturated rings. The fraction of sp³-hybridized carbons (Fsp3) is 0.679. The van der Waals surface area contributed by atoms with E-state index in [1.54, 1.807) is 0 Å². The first kappa shape index (κ1) is 37.2. The Kier molecular flexibility index (Phi) is 27.2. The highest BCUT2D eigenvalue weighted by molar-refractivity contribution is 8.00. The Morgan fingerprint density at radius 3 is 1.68 bits per heavy atom. The van der Waals surface area contributed by atoms with Gasteiger partial charge in [0.05, 0.1) is 16.5 Å². The van der Waals surface area contributed by atoms with Gasteiger partial charge in [-0.05, 0) is 42.6 Å². The third-order valence-corrected chi connectivity index (χ3v) is 7.84. The maximum atomic E-state index is 11.8. The maximum Gasteiger partial charge on any atom is 0.503 e. The topological polar surface area (TPSA) is 132 Å². The van der Waals surface area contributed by atoms with Gasteiger partial charge in [0, 0.05) is 4.86 Å². The van der Waals surface area contributed by atoms with Crippen molar-refractivity contribution in [3.05, 3.63) is 35.4 Å². The standard InChI is InChI=1S/C26H44OS2.2CH2O3/c1-4-7-8-9-10-11-12-13-14-15-19-23-20-16-17-21-24(23)26(28-22-6-3)25(29-27)18-5-2;2*2-1(3)4/h16-17,20-21,26H,4-15,18-19,22H2,1-3H3;2*(H2,2,3,4). The van der Waals surface area contributed by atoms with E-state index in [0.717, 1.165) is 47.6 Å². The molecule has 1 atom stereocenters. The third kappa shape index (κ3) is 24.1. The molecule has 0 amide bonds. The summed E-state index contributed by atoms with van der Waals surface area (Å²) in [5.41, 5.74) is 2.86. The first-order valence-corrected chi connectivity index (χ1v) is 15.2. The second-order valence-electron chi connectivity index (χ2n) is 8.75. The fourth-order valence-corrected chi connectivity index (χ4v) is 5.88. The lowest BCUT2D eigenvalue weighted by molar-refractivity contribution is 0.135. The lowest BCUT2D eigenvalue weighted by atomic mass is 9.96. The Morgan fingerprint density at radius 2 is 1.22 bits per heavy atom. The molecule has 7 nitrogen and oxygen atoms in total. The van der Waals surface area contributed by atoms with Crippen LogP contribution < -0.4 is 0 Å². The number of carboxylic acid groups (broad SMARTS) is 4. The Morgan fingerprint density at radius 1 is 0.730 bits per heavy atom. The maximum absolute atomic E-state index is 11.8. The molecule has 1 aromatic carbocycles. The fourth-order valence-electron chi connectivity index (χ4n) is 3.88. The second-order valence-corrected chi connectivity index (χ2v) is 10.7. The number of hydrogen-bond acceptors (Lipinski definition) is 4. The zero-order valence-electron chi connectivity index (χ0n) is 22.8. The van der Waals surface area contributed by atoms with Gasteiger partial charge in [0.25, 0.3) is 0 Å².